The zero-order valence-corrected chi connectivity index (χ0v) is 9.82. The van der Waals surface area contributed by atoms with Crippen molar-refractivity contribution in [1.29, 1.82) is 0 Å². The van der Waals surface area contributed by atoms with Crippen molar-refractivity contribution in [2.45, 2.75) is 25.6 Å². The van der Waals surface area contributed by atoms with Crippen molar-refractivity contribution in [2.75, 3.05) is 13.1 Å². The lowest BCUT2D eigenvalue weighted by Crippen LogP contribution is -2.38. The SMILES string of the molecule is Oc1ccc(CN2CCC(C(F)(F)F)CC2)nc1. The lowest BCUT2D eigenvalue weighted by Gasteiger charge is -2.32. The van der Waals surface area contributed by atoms with Crippen LogP contribution in [0, 0.1) is 5.92 Å². The molecule has 100 valence electrons. The Morgan fingerprint density at radius 2 is 1.94 bits per heavy atom. The molecule has 6 heteroatoms. The smallest absolute Gasteiger partial charge is 0.391 e. The van der Waals surface area contributed by atoms with Crippen molar-refractivity contribution >= 4 is 0 Å². The van der Waals surface area contributed by atoms with Crippen LogP contribution in [0.4, 0.5) is 13.2 Å². The van der Waals surface area contributed by atoms with Crippen LogP contribution in [0.1, 0.15) is 18.5 Å². The average molecular weight is 260 g/mol. The summed E-state index contributed by atoms with van der Waals surface area (Å²) in [7, 11) is 0. The van der Waals surface area contributed by atoms with E-state index in [0.717, 1.165) is 5.69 Å². The summed E-state index contributed by atoms with van der Waals surface area (Å²) in [4.78, 5) is 5.99. The fourth-order valence-electron chi connectivity index (χ4n) is 2.16. The van der Waals surface area contributed by atoms with Gasteiger partial charge in [0.2, 0.25) is 0 Å². The molecule has 3 nitrogen and oxygen atoms in total. The van der Waals surface area contributed by atoms with Crippen LogP contribution in [0.25, 0.3) is 0 Å². The first-order chi connectivity index (χ1) is 8.45. The number of nitrogens with zero attached hydrogens (tertiary/aromatic N) is 2. The predicted molar refractivity (Wildman–Crippen MR) is 60.0 cm³/mol. The van der Waals surface area contributed by atoms with Gasteiger partial charge in [-0.15, -0.1) is 0 Å². The number of likely N-dealkylation sites (tertiary alicyclic amines) is 1. The molecule has 1 N–H and O–H groups in total. The first-order valence-corrected chi connectivity index (χ1v) is 5.88. The maximum absolute atomic E-state index is 12.5. The van der Waals surface area contributed by atoms with Crippen molar-refractivity contribution in [3.8, 4) is 5.75 Å². The average Bonchev–Trinajstić information content (AvgIpc) is 2.32. The van der Waals surface area contributed by atoms with Crippen LogP contribution >= 0.6 is 0 Å². The fourth-order valence-corrected chi connectivity index (χ4v) is 2.16. The van der Waals surface area contributed by atoms with Crippen LogP contribution in [0.15, 0.2) is 18.3 Å². The van der Waals surface area contributed by atoms with Crippen LogP contribution in [-0.2, 0) is 6.54 Å². The standard InChI is InChI=1S/C12H15F3N2O/c13-12(14,15)9-3-5-17(6-4-9)8-10-1-2-11(18)7-16-10/h1-2,7,9,18H,3-6,8H2. The van der Waals surface area contributed by atoms with Gasteiger partial charge in [0.05, 0.1) is 17.8 Å². The lowest BCUT2D eigenvalue weighted by molar-refractivity contribution is -0.185. The molecule has 0 spiro atoms. The molecule has 1 aromatic heterocycles. The molecule has 1 aliphatic heterocycles. The van der Waals surface area contributed by atoms with E-state index < -0.39 is 12.1 Å². The molecule has 2 rings (SSSR count). The summed E-state index contributed by atoms with van der Waals surface area (Å²) in [6.45, 7) is 1.41. The van der Waals surface area contributed by atoms with Crippen molar-refractivity contribution in [2.24, 2.45) is 5.92 Å². The normalized spacial score (nSPS) is 19.1. The second kappa shape index (κ2) is 5.14. The van der Waals surface area contributed by atoms with Crippen molar-refractivity contribution < 1.29 is 18.3 Å². The molecule has 0 radical (unpaired) electrons. The van der Waals surface area contributed by atoms with Gasteiger partial charge in [-0.2, -0.15) is 13.2 Å². The number of halogens is 3. The van der Waals surface area contributed by atoms with Crippen LogP contribution < -0.4 is 0 Å². The van der Waals surface area contributed by atoms with Gasteiger partial charge in [0.15, 0.2) is 0 Å². The summed E-state index contributed by atoms with van der Waals surface area (Å²) in [5, 5.41) is 9.09. The Bertz CT molecular complexity index is 383. The van der Waals surface area contributed by atoms with Gasteiger partial charge in [-0.25, -0.2) is 0 Å². The van der Waals surface area contributed by atoms with E-state index in [4.69, 9.17) is 5.11 Å². The van der Waals surface area contributed by atoms with E-state index in [2.05, 4.69) is 4.98 Å². The quantitative estimate of drug-likeness (QED) is 0.887. The highest BCUT2D eigenvalue weighted by molar-refractivity contribution is 5.17. The van der Waals surface area contributed by atoms with Gasteiger partial charge >= 0.3 is 6.18 Å². The monoisotopic (exact) mass is 260 g/mol. The van der Waals surface area contributed by atoms with Crippen molar-refractivity contribution in [3.63, 3.8) is 0 Å². The third-order valence-electron chi connectivity index (χ3n) is 3.25. The summed E-state index contributed by atoms with van der Waals surface area (Å²) in [5.41, 5.74) is 0.762. The lowest BCUT2D eigenvalue weighted by atomic mass is 9.96. The second-order valence-electron chi connectivity index (χ2n) is 4.60. The van der Waals surface area contributed by atoms with E-state index in [9.17, 15) is 13.2 Å². The molecule has 0 atom stereocenters. The number of aromatic hydroxyl groups is 1. The summed E-state index contributed by atoms with van der Waals surface area (Å²) in [6.07, 6.45) is -2.41. The molecule has 1 saturated heterocycles. The van der Waals surface area contributed by atoms with Crippen molar-refractivity contribution in [3.05, 3.63) is 24.0 Å². The van der Waals surface area contributed by atoms with Gasteiger partial charge in [-0.1, -0.05) is 0 Å². The number of aromatic nitrogens is 1. The van der Waals surface area contributed by atoms with Gasteiger partial charge in [-0.3, -0.25) is 9.88 Å². The molecule has 18 heavy (non-hydrogen) atoms. The minimum absolute atomic E-state index is 0.0922. The van der Waals surface area contributed by atoms with Crippen LogP contribution in [0.2, 0.25) is 0 Å². The number of hydrogen-bond donors (Lipinski definition) is 1. The zero-order chi connectivity index (χ0) is 13.2. The molecule has 1 aromatic rings. The Morgan fingerprint density at radius 3 is 2.44 bits per heavy atom. The Morgan fingerprint density at radius 1 is 1.28 bits per heavy atom. The Labute approximate surface area is 103 Å². The highest BCUT2D eigenvalue weighted by Crippen LogP contribution is 2.34. The highest BCUT2D eigenvalue weighted by Gasteiger charge is 2.40. The third kappa shape index (κ3) is 3.35. The Kier molecular flexibility index (Phi) is 3.75. The summed E-state index contributed by atoms with van der Waals surface area (Å²) >= 11 is 0. The molecular weight excluding hydrogens is 245 g/mol. The van der Waals surface area contributed by atoms with Crippen LogP contribution in [0.3, 0.4) is 0 Å². The second-order valence-corrected chi connectivity index (χ2v) is 4.60. The zero-order valence-electron chi connectivity index (χ0n) is 9.82. The number of piperidine rings is 1. The molecule has 0 saturated carbocycles. The minimum Gasteiger partial charge on any atom is -0.506 e. The molecular formula is C12H15F3N2O. The molecule has 1 fully saturated rings. The first kappa shape index (κ1) is 13.1. The topological polar surface area (TPSA) is 36.4 Å². The van der Waals surface area contributed by atoms with E-state index in [1.54, 1.807) is 6.07 Å². The fraction of sp³-hybridized carbons (Fsp3) is 0.583. The maximum Gasteiger partial charge on any atom is 0.391 e. The summed E-state index contributed by atoms with van der Waals surface area (Å²) in [5.74, 6) is -1.07. The molecule has 0 aromatic carbocycles. The van der Waals surface area contributed by atoms with Gasteiger partial charge in [-0.05, 0) is 38.1 Å². The number of alkyl halides is 3. The molecule has 0 unspecified atom stereocenters. The largest absolute Gasteiger partial charge is 0.506 e. The van der Waals surface area contributed by atoms with Crippen molar-refractivity contribution in [1.82, 2.24) is 9.88 Å². The maximum atomic E-state index is 12.5. The molecule has 0 bridgehead atoms. The van der Waals surface area contributed by atoms with E-state index in [1.165, 1.54) is 12.3 Å². The minimum atomic E-state index is -4.07. The third-order valence-corrected chi connectivity index (χ3v) is 3.25. The Hall–Kier alpha value is -1.30. The molecule has 1 aliphatic rings. The predicted octanol–water partition coefficient (Wildman–Crippen LogP) is 2.56. The first-order valence-electron chi connectivity index (χ1n) is 5.88. The van der Waals surface area contributed by atoms with Gasteiger partial charge < -0.3 is 5.11 Å². The van der Waals surface area contributed by atoms with Crippen LogP contribution in [-0.4, -0.2) is 34.3 Å². The van der Waals surface area contributed by atoms with Gasteiger partial charge in [0.25, 0.3) is 0 Å². The molecule has 0 amide bonds. The number of hydrogen-bond acceptors (Lipinski definition) is 3. The summed E-state index contributed by atoms with van der Waals surface area (Å²) in [6, 6.07) is 3.22. The number of rotatable bonds is 2. The van der Waals surface area contributed by atoms with E-state index >= 15 is 0 Å². The summed E-state index contributed by atoms with van der Waals surface area (Å²) < 4.78 is 37.4. The Balaban J connectivity index is 1.85. The number of pyridine rings is 1. The van der Waals surface area contributed by atoms with E-state index in [1.807, 2.05) is 4.90 Å². The highest BCUT2D eigenvalue weighted by atomic mass is 19.4. The molecule has 2 heterocycles. The van der Waals surface area contributed by atoms with Gasteiger partial charge in [0, 0.05) is 6.54 Å². The van der Waals surface area contributed by atoms with Crippen LogP contribution in [0.5, 0.6) is 5.75 Å². The molecule has 0 aliphatic carbocycles. The van der Waals surface area contributed by atoms with E-state index in [-0.39, 0.29) is 18.6 Å². The van der Waals surface area contributed by atoms with E-state index in [0.29, 0.717) is 19.6 Å². The van der Waals surface area contributed by atoms with Gasteiger partial charge in [0.1, 0.15) is 5.75 Å².